The van der Waals surface area contributed by atoms with Crippen LogP contribution in [0.25, 0.3) is 0 Å². The lowest BCUT2D eigenvalue weighted by molar-refractivity contribution is 0.00578. The Bertz CT molecular complexity index is 805. The maximum absolute atomic E-state index is 13.0. The highest BCUT2D eigenvalue weighted by Gasteiger charge is 2.59. The van der Waals surface area contributed by atoms with Gasteiger partial charge in [0, 0.05) is 17.9 Å². The zero-order chi connectivity index (χ0) is 19.8. The van der Waals surface area contributed by atoms with Crippen LogP contribution < -0.4 is 0 Å². The Balaban J connectivity index is 1.84. The van der Waals surface area contributed by atoms with Crippen molar-refractivity contribution in [2.24, 2.45) is 5.41 Å². The summed E-state index contributed by atoms with van der Waals surface area (Å²) in [7, 11) is -0.382. The molecule has 1 saturated heterocycles. The Morgan fingerprint density at radius 3 is 2.26 bits per heavy atom. The van der Waals surface area contributed by atoms with E-state index in [2.05, 4.69) is 60.6 Å². The molecule has 2 atom stereocenters. The molecular formula is C22H30BNO3. The van der Waals surface area contributed by atoms with E-state index >= 15 is 0 Å². The molecule has 0 saturated carbocycles. The first kappa shape index (κ1) is 18.8. The number of benzene rings is 1. The second-order valence-electron chi connectivity index (χ2n) is 10.0. The SMILES string of the molecule is CC(C)(C)C1=CCN2C(=O)c3ccccc3[C@H]2[C@@H]1B1OC(C)(C)C(C)(C)O1. The fourth-order valence-corrected chi connectivity index (χ4v) is 4.62. The fourth-order valence-electron chi connectivity index (χ4n) is 4.62. The van der Waals surface area contributed by atoms with Crippen LogP contribution >= 0.6 is 0 Å². The molecule has 5 heteroatoms. The molecule has 0 N–H and O–H groups in total. The minimum absolute atomic E-state index is 0.0209. The Hall–Kier alpha value is -1.59. The Morgan fingerprint density at radius 2 is 1.67 bits per heavy atom. The highest BCUT2D eigenvalue weighted by molar-refractivity contribution is 6.49. The van der Waals surface area contributed by atoms with E-state index in [9.17, 15) is 4.79 Å². The van der Waals surface area contributed by atoms with Crippen molar-refractivity contribution in [3.05, 3.63) is 47.0 Å². The predicted molar refractivity (Wildman–Crippen MR) is 108 cm³/mol. The molecule has 0 aromatic heterocycles. The lowest BCUT2D eigenvalue weighted by atomic mass is 9.56. The highest BCUT2D eigenvalue weighted by Crippen LogP contribution is 2.55. The molecule has 144 valence electrons. The summed E-state index contributed by atoms with van der Waals surface area (Å²) in [6, 6.07) is 7.95. The molecular weight excluding hydrogens is 337 g/mol. The van der Waals surface area contributed by atoms with Crippen molar-refractivity contribution < 1.29 is 14.1 Å². The molecule has 27 heavy (non-hydrogen) atoms. The largest absolute Gasteiger partial charge is 0.468 e. The van der Waals surface area contributed by atoms with Gasteiger partial charge in [0.2, 0.25) is 0 Å². The third kappa shape index (κ3) is 2.70. The summed E-state index contributed by atoms with van der Waals surface area (Å²) in [5.41, 5.74) is 2.40. The van der Waals surface area contributed by atoms with Crippen molar-refractivity contribution in [3.8, 4) is 0 Å². The van der Waals surface area contributed by atoms with E-state index in [1.807, 2.05) is 23.1 Å². The quantitative estimate of drug-likeness (QED) is 0.537. The Kier molecular flexibility index (Phi) is 3.97. The zero-order valence-electron chi connectivity index (χ0n) is 17.5. The molecule has 1 fully saturated rings. The van der Waals surface area contributed by atoms with Gasteiger partial charge in [0.1, 0.15) is 0 Å². The van der Waals surface area contributed by atoms with Crippen molar-refractivity contribution >= 4 is 13.0 Å². The van der Waals surface area contributed by atoms with E-state index in [4.69, 9.17) is 9.31 Å². The number of amides is 1. The molecule has 4 rings (SSSR count). The molecule has 1 amide bonds. The first-order chi connectivity index (χ1) is 12.4. The number of nitrogens with zero attached hydrogens (tertiary/aromatic N) is 1. The summed E-state index contributed by atoms with van der Waals surface area (Å²) in [6.45, 7) is 15.7. The Morgan fingerprint density at radius 1 is 1.07 bits per heavy atom. The summed E-state index contributed by atoms with van der Waals surface area (Å²) in [4.78, 5) is 15.0. The molecule has 0 bridgehead atoms. The number of hydrogen-bond acceptors (Lipinski definition) is 3. The number of rotatable bonds is 1. The van der Waals surface area contributed by atoms with Gasteiger partial charge in [-0.15, -0.1) is 0 Å². The van der Waals surface area contributed by atoms with Gasteiger partial charge in [-0.05, 0) is 44.7 Å². The molecule has 3 aliphatic heterocycles. The van der Waals surface area contributed by atoms with Crippen molar-refractivity contribution in [1.29, 1.82) is 0 Å². The van der Waals surface area contributed by atoms with Crippen LogP contribution in [0.15, 0.2) is 35.9 Å². The first-order valence-corrected chi connectivity index (χ1v) is 9.90. The molecule has 1 aromatic rings. The predicted octanol–water partition coefficient (Wildman–Crippen LogP) is 4.63. The molecule has 1 aromatic carbocycles. The van der Waals surface area contributed by atoms with Crippen molar-refractivity contribution in [1.82, 2.24) is 4.90 Å². The number of fused-ring (bicyclic) bond motifs is 3. The maximum Gasteiger partial charge on any atom is 0.468 e. The van der Waals surface area contributed by atoms with E-state index in [1.54, 1.807) is 0 Å². The summed E-state index contributed by atoms with van der Waals surface area (Å²) in [6.07, 6.45) is 2.22. The van der Waals surface area contributed by atoms with Crippen LogP contribution in [-0.4, -0.2) is 35.7 Å². The van der Waals surface area contributed by atoms with Crippen LogP contribution in [0.3, 0.4) is 0 Å². The lowest BCUT2D eigenvalue weighted by Gasteiger charge is -2.42. The van der Waals surface area contributed by atoms with Crippen LogP contribution in [0.1, 0.15) is 70.4 Å². The summed E-state index contributed by atoms with van der Waals surface area (Å²) in [5, 5.41) is 0. The van der Waals surface area contributed by atoms with Gasteiger partial charge in [0.05, 0.1) is 17.2 Å². The topological polar surface area (TPSA) is 38.8 Å². The third-order valence-corrected chi connectivity index (χ3v) is 6.74. The van der Waals surface area contributed by atoms with Crippen molar-refractivity contribution in [3.63, 3.8) is 0 Å². The third-order valence-electron chi connectivity index (χ3n) is 6.74. The van der Waals surface area contributed by atoms with E-state index in [0.717, 1.165) is 11.1 Å². The minimum Gasteiger partial charge on any atom is -0.403 e. The summed E-state index contributed by atoms with van der Waals surface area (Å²) >= 11 is 0. The van der Waals surface area contributed by atoms with E-state index < -0.39 is 11.2 Å². The molecule has 0 unspecified atom stereocenters. The zero-order valence-corrected chi connectivity index (χ0v) is 17.5. The van der Waals surface area contributed by atoms with Crippen molar-refractivity contribution in [2.45, 2.75) is 71.5 Å². The van der Waals surface area contributed by atoms with Crippen LogP contribution in [-0.2, 0) is 9.31 Å². The monoisotopic (exact) mass is 367 g/mol. The van der Waals surface area contributed by atoms with E-state index in [1.165, 1.54) is 5.57 Å². The molecule has 3 heterocycles. The van der Waals surface area contributed by atoms with Crippen molar-refractivity contribution in [2.75, 3.05) is 6.54 Å². The standard InChI is InChI=1S/C22H30BNO3/c1-20(2,3)16-12-13-24-18(14-10-8-9-11-15(14)19(24)25)17(16)23-26-21(4,5)22(6,7)27-23/h8-12,17-18H,13H2,1-7H3/t17-,18+/m1/s1. The number of carbonyl (C=O) groups excluding carboxylic acids is 1. The van der Waals surface area contributed by atoms with Gasteiger partial charge in [-0.2, -0.15) is 0 Å². The molecule has 0 radical (unpaired) electrons. The Labute approximate surface area is 163 Å². The van der Waals surface area contributed by atoms with Gasteiger partial charge in [-0.3, -0.25) is 4.79 Å². The van der Waals surface area contributed by atoms with Gasteiger partial charge in [-0.1, -0.05) is 50.6 Å². The van der Waals surface area contributed by atoms with Gasteiger partial charge in [-0.25, -0.2) is 0 Å². The maximum atomic E-state index is 13.0. The lowest BCUT2D eigenvalue weighted by Crippen LogP contribution is -2.43. The minimum atomic E-state index is -0.398. The van der Waals surface area contributed by atoms with Gasteiger partial charge >= 0.3 is 7.12 Å². The van der Waals surface area contributed by atoms with Crippen LogP contribution in [0.2, 0.25) is 5.82 Å². The smallest absolute Gasteiger partial charge is 0.403 e. The van der Waals surface area contributed by atoms with Gasteiger partial charge in [0.25, 0.3) is 5.91 Å². The average Bonchev–Trinajstić information content (AvgIpc) is 2.97. The molecule has 3 aliphatic rings. The molecule has 4 nitrogen and oxygen atoms in total. The van der Waals surface area contributed by atoms with E-state index in [-0.39, 0.29) is 30.3 Å². The normalized spacial score (nSPS) is 28.9. The van der Waals surface area contributed by atoms with Gasteiger partial charge in [0.15, 0.2) is 0 Å². The number of hydrogen-bond donors (Lipinski definition) is 0. The average molecular weight is 367 g/mol. The van der Waals surface area contributed by atoms with Crippen LogP contribution in [0.5, 0.6) is 0 Å². The number of carbonyl (C=O) groups is 1. The summed E-state index contributed by atoms with van der Waals surface area (Å²) < 4.78 is 13.0. The highest BCUT2D eigenvalue weighted by atomic mass is 16.7. The van der Waals surface area contributed by atoms with Gasteiger partial charge < -0.3 is 14.2 Å². The second kappa shape index (κ2) is 5.71. The molecule has 0 aliphatic carbocycles. The first-order valence-electron chi connectivity index (χ1n) is 9.90. The van der Waals surface area contributed by atoms with E-state index in [0.29, 0.717) is 6.54 Å². The second-order valence-corrected chi connectivity index (χ2v) is 10.0. The molecule has 0 spiro atoms. The van der Waals surface area contributed by atoms with Crippen LogP contribution in [0.4, 0.5) is 0 Å². The summed E-state index contributed by atoms with van der Waals surface area (Å²) in [5.74, 6) is 0.0914. The van der Waals surface area contributed by atoms with Crippen LogP contribution in [0, 0.1) is 5.41 Å². The fraction of sp³-hybridized carbons (Fsp3) is 0.591.